The van der Waals surface area contributed by atoms with E-state index in [9.17, 15) is 0 Å². The van der Waals surface area contributed by atoms with Gasteiger partial charge >= 0.3 is 0 Å². The van der Waals surface area contributed by atoms with Crippen molar-refractivity contribution in [3.8, 4) is 0 Å². The topological polar surface area (TPSA) is 30.5 Å². The Hall–Kier alpha value is -0.900. The smallest absolute Gasteiger partial charge is 0.172 e. The summed E-state index contributed by atoms with van der Waals surface area (Å²) in [6.45, 7) is 2.16. The first-order chi connectivity index (χ1) is 8.24. The van der Waals surface area contributed by atoms with Crippen molar-refractivity contribution in [2.75, 3.05) is 21.3 Å². The predicted octanol–water partition coefficient (Wildman–Crippen LogP) is 2.00. The zero-order valence-corrected chi connectivity index (χ0v) is 11.2. The van der Waals surface area contributed by atoms with Gasteiger partial charge in [-0.25, -0.2) is 0 Å². The highest BCUT2D eigenvalue weighted by Gasteiger charge is 2.19. The summed E-state index contributed by atoms with van der Waals surface area (Å²) in [6, 6.07) is 8.86. The lowest BCUT2D eigenvalue weighted by Gasteiger charge is -2.24. The molecular formula is C14H23NO2. The van der Waals surface area contributed by atoms with Crippen LogP contribution in [0.15, 0.2) is 24.3 Å². The number of methoxy groups -OCH3 is 2. The highest BCUT2D eigenvalue weighted by molar-refractivity contribution is 5.23. The van der Waals surface area contributed by atoms with Crippen molar-refractivity contribution in [3.05, 3.63) is 35.4 Å². The van der Waals surface area contributed by atoms with E-state index in [1.807, 2.05) is 7.05 Å². The van der Waals surface area contributed by atoms with Gasteiger partial charge in [0.05, 0.1) is 6.04 Å². The molecule has 0 bridgehead atoms. The van der Waals surface area contributed by atoms with E-state index < -0.39 is 0 Å². The number of ether oxygens (including phenoxy) is 2. The van der Waals surface area contributed by atoms with E-state index >= 15 is 0 Å². The van der Waals surface area contributed by atoms with Crippen LogP contribution < -0.4 is 5.32 Å². The molecular weight excluding hydrogens is 214 g/mol. The zero-order valence-electron chi connectivity index (χ0n) is 11.2. The molecule has 0 fully saturated rings. The van der Waals surface area contributed by atoms with Gasteiger partial charge in [-0.15, -0.1) is 0 Å². The van der Waals surface area contributed by atoms with Crippen molar-refractivity contribution >= 4 is 0 Å². The summed E-state index contributed by atoms with van der Waals surface area (Å²) in [6.07, 6.45) is 1.76. The Balaban J connectivity index is 2.66. The quantitative estimate of drug-likeness (QED) is 0.736. The molecule has 96 valence electrons. The van der Waals surface area contributed by atoms with Crippen molar-refractivity contribution in [1.29, 1.82) is 0 Å². The zero-order chi connectivity index (χ0) is 12.7. The van der Waals surface area contributed by atoms with Crippen molar-refractivity contribution in [3.63, 3.8) is 0 Å². The van der Waals surface area contributed by atoms with E-state index in [4.69, 9.17) is 9.47 Å². The molecule has 3 nitrogen and oxygen atoms in total. The third-order valence-electron chi connectivity index (χ3n) is 3.05. The van der Waals surface area contributed by atoms with Crippen molar-refractivity contribution in [2.24, 2.45) is 0 Å². The molecule has 17 heavy (non-hydrogen) atoms. The molecule has 0 aliphatic rings. The minimum atomic E-state index is -0.217. The van der Waals surface area contributed by atoms with Gasteiger partial charge in [-0.2, -0.15) is 0 Å². The normalized spacial score (nSPS) is 13.0. The Morgan fingerprint density at radius 1 is 1.06 bits per heavy atom. The van der Waals surface area contributed by atoms with Crippen molar-refractivity contribution in [1.82, 2.24) is 5.32 Å². The van der Waals surface area contributed by atoms with E-state index in [0.717, 1.165) is 12.8 Å². The lowest BCUT2D eigenvalue weighted by atomic mass is 10.0. The molecule has 0 amide bonds. The van der Waals surface area contributed by atoms with Crippen LogP contribution >= 0.6 is 0 Å². The Kier molecular flexibility index (Phi) is 6.19. The van der Waals surface area contributed by atoms with Gasteiger partial charge in [-0.3, -0.25) is 0 Å². The molecule has 0 spiro atoms. The van der Waals surface area contributed by atoms with Crippen molar-refractivity contribution < 1.29 is 9.47 Å². The molecule has 1 N–H and O–H groups in total. The first kappa shape index (κ1) is 14.2. The number of rotatable bonds is 7. The average Bonchev–Trinajstić information content (AvgIpc) is 2.39. The number of nitrogens with one attached hydrogen (secondary N) is 1. The molecule has 3 heteroatoms. The van der Waals surface area contributed by atoms with Gasteiger partial charge in [0.1, 0.15) is 0 Å². The summed E-state index contributed by atoms with van der Waals surface area (Å²) in [5.41, 5.74) is 2.66. The lowest BCUT2D eigenvalue weighted by Crippen LogP contribution is -2.41. The van der Waals surface area contributed by atoms with Gasteiger partial charge in [-0.05, 0) is 31.0 Å². The highest BCUT2D eigenvalue weighted by Crippen LogP contribution is 2.10. The number of hydrogen-bond acceptors (Lipinski definition) is 3. The second-order valence-electron chi connectivity index (χ2n) is 4.11. The summed E-state index contributed by atoms with van der Waals surface area (Å²) in [7, 11) is 5.26. The summed E-state index contributed by atoms with van der Waals surface area (Å²) in [5, 5.41) is 3.23. The average molecular weight is 237 g/mol. The molecule has 1 aromatic rings. The van der Waals surface area contributed by atoms with Gasteiger partial charge in [0.25, 0.3) is 0 Å². The Bertz CT molecular complexity index is 307. The van der Waals surface area contributed by atoms with Gasteiger partial charge < -0.3 is 14.8 Å². The number of hydrogen-bond donors (Lipinski definition) is 1. The molecule has 0 saturated carbocycles. The van der Waals surface area contributed by atoms with Crippen LogP contribution in [0.5, 0.6) is 0 Å². The van der Waals surface area contributed by atoms with E-state index in [1.165, 1.54) is 11.1 Å². The summed E-state index contributed by atoms with van der Waals surface area (Å²) in [4.78, 5) is 0. The third-order valence-corrected chi connectivity index (χ3v) is 3.05. The monoisotopic (exact) mass is 237 g/mol. The largest absolute Gasteiger partial charge is 0.354 e. The fourth-order valence-corrected chi connectivity index (χ4v) is 1.92. The molecule has 0 aliphatic heterocycles. The van der Waals surface area contributed by atoms with Crippen LogP contribution in [0.1, 0.15) is 18.1 Å². The van der Waals surface area contributed by atoms with E-state index in [1.54, 1.807) is 14.2 Å². The molecule has 0 radical (unpaired) electrons. The number of aryl methyl sites for hydroxylation is 1. The molecule has 0 heterocycles. The molecule has 1 atom stereocenters. The van der Waals surface area contributed by atoms with Gasteiger partial charge in [0.2, 0.25) is 0 Å². The summed E-state index contributed by atoms with van der Waals surface area (Å²) < 4.78 is 10.6. The van der Waals surface area contributed by atoms with Crippen LogP contribution in [0.25, 0.3) is 0 Å². The minimum absolute atomic E-state index is 0.164. The molecule has 0 aliphatic carbocycles. The van der Waals surface area contributed by atoms with Gasteiger partial charge in [0.15, 0.2) is 6.29 Å². The first-order valence-electron chi connectivity index (χ1n) is 6.05. The van der Waals surface area contributed by atoms with E-state index in [0.29, 0.717) is 0 Å². The summed E-state index contributed by atoms with van der Waals surface area (Å²) >= 11 is 0. The molecule has 1 unspecified atom stereocenters. The van der Waals surface area contributed by atoms with Crippen LogP contribution in [-0.4, -0.2) is 33.6 Å². The summed E-state index contributed by atoms with van der Waals surface area (Å²) in [5.74, 6) is 0. The first-order valence-corrected chi connectivity index (χ1v) is 6.05. The molecule has 0 saturated heterocycles. The van der Waals surface area contributed by atoms with Crippen LogP contribution in [0.2, 0.25) is 0 Å². The minimum Gasteiger partial charge on any atom is -0.354 e. The fraction of sp³-hybridized carbons (Fsp3) is 0.571. The molecule has 0 aromatic heterocycles. The second kappa shape index (κ2) is 7.43. The SMILES string of the molecule is CCc1ccc(CC(NC)C(OC)OC)cc1. The van der Waals surface area contributed by atoms with Crippen LogP contribution in [-0.2, 0) is 22.3 Å². The lowest BCUT2D eigenvalue weighted by molar-refractivity contribution is -0.121. The highest BCUT2D eigenvalue weighted by atomic mass is 16.7. The number of benzene rings is 1. The van der Waals surface area contributed by atoms with Crippen molar-refractivity contribution in [2.45, 2.75) is 32.1 Å². The number of likely N-dealkylation sites (N-methyl/N-ethyl adjacent to an activating group) is 1. The predicted molar refractivity (Wildman–Crippen MR) is 70.2 cm³/mol. The Morgan fingerprint density at radius 2 is 1.59 bits per heavy atom. The second-order valence-corrected chi connectivity index (χ2v) is 4.11. The maximum atomic E-state index is 5.28. The van der Waals surface area contributed by atoms with Crippen LogP contribution in [0.4, 0.5) is 0 Å². The van der Waals surface area contributed by atoms with Gasteiger partial charge in [-0.1, -0.05) is 31.2 Å². The molecule has 1 aromatic carbocycles. The maximum absolute atomic E-state index is 5.28. The standard InChI is InChI=1S/C14H23NO2/c1-5-11-6-8-12(9-7-11)10-13(15-2)14(16-3)17-4/h6-9,13-15H,5,10H2,1-4H3. The van der Waals surface area contributed by atoms with Crippen LogP contribution in [0, 0.1) is 0 Å². The van der Waals surface area contributed by atoms with E-state index in [2.05, 4.69) is 36.5 Å². The van der Waals surface area contributed by atoms with E-state index in [-0.39, 0.29) is 12.3 Å². The van der Waals surface area contributed by atoms with Crippen LogP contribution in [0.3, 0.4) is 0 Å². The Morgan fingerprint density at radius 3 is 2.00 bits per heavy atom. The molecule has 1 rings (SSSR count). The third kappa shape index (κ3) is 4.11. The van der Waals surface area contributed by atoms with Gasteiger partial charge in [0, 0.05) is 14.2 Å². The fourth-order valence-electron chi connectivity index (χ4n) is 1.92. The maximum Gasteiger partial charge on any atom is 0.172 e. The Labute approximate surface area is 104 Å².